The second-order valence-electron chi connectivity index (χ2n) is 6.43. The molecule has 30 heavy (non-hydrogen) atoms. The van der Waals surface area contributed by atoms with Crippen molar-refractivity contribution in [3.05, 3.63) is 98.5 Å². The Balaban J connectivity index is 1.64. The highest BCUT2D eigenvalue weighted by Gasteiger charge is 2.35. The van der Waals surface area contributed by atoms with E-state index < -0.39 is 11.9 Å². The van der Waals surface area contributed by atoms with Crippen molar-refractivity contribution in [2.75, 3.05) is 4.90 Å². The van der Waals surface area contributed by atoms with E-state index in [4.69, 9.17) is 39.6 Å². The molecule has 4 rings (SSSR count). The van der Waals surface area contributed by atoms with Crippen LogP contribution >= 0.6 is 34.8 Å². The number of halogens is 3. The van der Waals surface area contributed by atoms with E-state index in [1.54, 1.807) is 54.6 Å². The molecule has 5 nitrogen and oxygen atoms in total. The first-order valence-corrected chi connectivity index (χ1v) is 9.98. The summed E-state index contributed by atoms with van der Waals surface area (Å²) in [7, 11) is 0. The van der Waals surface area contributed by atoms with Gasteiger partial charge in [-0.15, -0.1) is 0 Å². The van der Waals surface area contributed by atoms with Gasteiger partial charge in [0.25, 0.3) is 5.91 Å². The molecule has 0 radical (unpaired) electrons. The molecule has 3 aromatic carbocycles. The van der Waals surface area contributed by atoms with Crippen LogP contribution < -0.4 is 4.90 Å². The average molecular weight is 460 g/mol. The summed E-state index contributed by atoms with van der Waals surface area (Å²) in [6.07, 6.45) is 0. The Labute approximate surface area is 187 Å². The average Bonchev–Trinajstić information content (AvgIpc) is 3.00. The number of hydrogen-bond acceptors (Lipinski definition) is 4. The number of fused-ring (bicyclic) bond motifs is 1. The molecule has 8 heteroatoms. The van der Waals surface area contributed by atoms with Crippen molar-refractivity contribution in [2.45, 2.75) is 6.54 Å². The number of rotatable bonds is 4. The zero-order valence-electron chi connectivity index (χ0n) is 15.3. The van der Waals surface area contributed by atoms with Crippen LogP contribution in [0.2, 0.25) is 15.1 Å². The lowest BCUT2D eigenvalue weighted by Gasteiger charge is -2.18. The maximum Gasteiger partial charge on any atom is 0.365 e. The van der Waals surface area contributed by atoms with Gasteiger partial charge in [0.2, 0.25) is 0 Å². The summed E-state index contributed by atoms with van der Waals surface area (Å²) in [5, 5.41) is 5.25. The van der Waals surface area contributed by atoms with Crippen LogP contribution in [0.4, 0.5) is 5.69 Å². The third-order valence-corrected chi connectivity index (χ3v) is 5.54. The predicted molar refractivity (Wildman–Crippen MR) is 117 cm³/mol. The van der Waals surface area contributed by atoms with Crippen LogP contribution in [0.5, 0.6) is 0 Å². The molecule has 0 aliphatic carbocycles. The number of nitrogens with zero attached hydrogens (tertiary/aromatic N) is 2. The molecular formula is C22H13Cl3N2O3. The molecule has 0 bridgehead atoms. The Bertz CT molecular complexity index is 1160. The SMILES string of the molecule is O=C(O/N=C1\C(=O)N(Cc2c(Cl)cccc2Cl)c2ccccc21)c1ccc(Cl)cc1. The second-order valence-corrected chi connectivity index (χ2v) is 7.69. The highest BCUT2D eigenvalue weighted by Crippen LogP contribution is 2.34. The first-order valence-electron chi connectivity index (χ1n) is 8.85. The predicted octanol–water partition coefficient (Wildman–Crippen LogP) is 5.75. The van der Waals surface area contributed by atoms with Crippen LogP contribution in [0.1, 0.15) is 21.5 Å². The van der Waals surface area contributed by atoms with Gasteiger partial charge in [-0.3, -0.25) is 4.79 Å². The van der Waals surface area contributed by atoms with E-state index in [0.717, 1.165) is 0 Å². The number of carbonyl (C=O) groups is 2. The maximum atomic E-state index is 13.1. The van der Waals surface area contributed by atoms with E-state index in [0.29, 0.717) is 31.9 Å². The number of anilines is 1. The van der Waals surface area contributed by atoms with Crippen molar-refractivity contribution in [1.82, 2.24) is 0 Å². The summed E-state index contributed by atoms with van der Waals surface area (Å²) in [6, 6.07) is 18.4. The number of para-hydroxylation sites is 1. The van der Waals surface area contributed by atoms with Crippen LogP contribution in [-0.2, 0) is 16.2 Å². The number of carbonyl (C=O) groups excluding carboxylic acids is 2. The summed E-state index contributed by atoms with van der Waals surface area (Å²) in [6.45, 7) is 0.151. The first-order chi connectivity index (χ1) is 14.5. The van der Waals surface area contributed by atoms with Gasteiger partial charge in [0, 0.05) is 26.2 Å². The van der Waals surface area contributed by atoms with Crippen LogP contribution in [0.15, 0.2) is 71.9 Å². The van der Waals surface area contributed by atoms with Gasteiger partial charge >= 0.3 is 5.97 Å². The van der Waals surface area contributed by atoms with E-state index in [-0.39, 0.29) is 17.8 Å². The third-order valence-electron chi connectivity index (χ3n) is 4.58. The van der Waals surface area contributed by atoms with Crippen molar-refractivity contribution >= 4 is 58.1 Å². The van der Waals surface area contributed by atoms with E-state index in [2.05, 4.69) is 5.16 Å². The number of benzene rings is 3. The zero-order valence-corrected chi connectivity index (χ0v) is 17.6. The van der Waals surface area contributed by atoms with Crippen molar-refractivity contribution in [1.29, 1.82) is 0 Å². The molecular weight excluding hydrogens is 447 g/mol. The summed E-state index contributed by atoms with van der Waals surface area (Å²) in [5.74, 6) is -1.12. The Kier molecular flexibility index (Phi) is 5.77. The molecule has 0 unspecified atom stereocenters. The maximum absolute atomic E-state index is 13.1. The van der Waals surface area contributed by atoms with Gasteiger partial charge in [-0.05, 0) is 42.5 Å². The van der Waals surface area contributed by atoms with Crippen LogP contribution in [0.3, 0.4) is 0 Å². The molecule has 0 atom stereocenters. The second kappa shape index (κ2) is 8.48. The first kappa shape index (κ1) is 20.4. The van der Waals surface area contributed by atoms with E-state index in [9.17, 15) is 9.59 Å². The molecule has 1 amide bonds. The molecule has 0 saturated carbocycles. The fourth-order valence-corrected chi connectivity index (χ4v) is 3.72. The molecule has 150 valence electrons. The normalized spacial score (nSPS) is 14.2. The molecule has 0 aromatic heterocycles. The summed E-state index contributed by atoms with van der Waals surface area (Å²) in [4.78, 5) is 31.9. The Morgan fingerprint density at radius 3 is 2.27 bits per heavy atom. The van der Waals surface area contributed by atoms with Crippen LogP contribution in [0.25, 0.3) is 0 Å². The van der Waals surface area contributed by atoms with Crippen molar-refractivity contribution < 1.29 is 14.4 Å². The lowest BCUT2D eigenvalue weighted by molar-refractivity contribution is -0.112. The highest BCUT2D eigenvalue weighted by atomic mass is 35.5. The molecule has 1 aliphatic heterocycles. The Hall–Kier alpha value is -2.86. The molecule has 1 aliphatic rings. The Morgan fingerprint density at radius 2 is 1.57 bits per heavy atom. The lowest BCUT2D eigenvalue weighted by atomic mass is 10.1. The number of oxime groups is 1. The summed E-state index contributed by atoms with van der Waals surface area (Å²) < 4.78 is 0. The number of hydrogen-bond donors (Lipinski definition) is 0. The standard InChI is InChI=1S/C22H13Cl3N2O3/c23-14-10-8-13(9-11-14)22(29)30-26-20-15-4-1-2-7-19(15)27(21(20)28)12-16-17(24)5-3-6-18(16)25/h1-11H,12H2/b26-20-. The fourth-order valence-electron chi connectivity index (χ4n) is 3.07. The van der Waals surface area contributed by atoms with Crippen molar-refractivity contribution in [3.8, 4) is 0 Å². The smallest absolute Gasteiger partial charge is 0.312 e. The minimum atomic E-state index is -0.697. The highest BCUT2D eigenvalue weighted by molar-refractivity contribution is 6.54. The molecule has 0 N–H and O–H groups in total. The molecule has 0 spiro atoms. The van der Waals surface area contributed by atoms with E-state index >= 15 is 0 Å². The van der Waals surface area contributed by atoms with Crippen LogP contribution in [0, 0.1) is 0 Å². The van der Waals surface area contributed by atoms with Gasteiger partial charge in [-0.25, -0.2) is 4.79 Å². The van der Waals surface area contributed by atoms with E-state index in [1.165, 1.54) is 17.0 Å². The van der Waals surface area contributed by atoms with Gasteiger partial charge in [0.1, 0.15) is 0 Å². The van der Waals surface area contributed by atoms with Gasteiger partial charge in [0.15, 0.2) is 5.71 Å². The van der Waals surface area contributed by atoms with Gasteiger partial charge in [0.05, 0.1) is 17.8 Å². The van der Waals surface area contributed by atoms with Gasteiger partial charge in [-0.2, -0.15) is 0 Å². The monoisotopic (exact) mass is 458 g/mol. The van der Waals surface area contributed by atoms with Gasteiger partial charge < -0.3 is 9.74 Å². The molecule has 3 aromatic rings. The van der Waals surface area contributed by atoms with Crippen LogP contribution in [-0.4, -0.2) is 17.6 Å². The summed E-state index contributed by atoms with van der Waals surface area (Å²) in [5.41, 5.74) is 2.08. The minimum Gasteiger partial charge on any atom is -0.312 e. The lowest BCUT2D eigenvalue weighted by Crippen LogP contribution is -2.30. The number of amides is 1. The molecule has 0 fully saturated rings. The van der Waals surface area contributed by atoms with Crippen molar-refractivity contribution in [2.24, 2.45) is 5.16 Å². The summed E-state index contributed by atoms with van der Waals surface area (Å²) >= 11 is 18.4. The fraction of sp³-hybridized carbons (Fsp3) is 0.0455. The quantitative estimate of drug-likeness (QED) is 0.368. The van der Waals surface area contributed by atoms with Gasteiger partial charge in [-0.1, -0.05) is 64.2 Å². The third kappa shape index (κ3) is 3.92. The minimum absolute atomic E-state index is 0.0242. The Morgan fingerprint density at radius 1 is 0.900 bits per heavy atom. The molecule has 1 heterocycles. The topological polar surface area (TPSA) is 59.0 Å². The largest absolute Gasteiger partial charge is 0.365 e. The van der Waals surface area contributed by atoms with Crippen molar-refractivity contribution in [3.63, 3.8) is 0 Å². The van der Waals surface area contributed by atoms with E-state index in [1.807, 2.05) is 0 Å². The molecule has 0 saturated heterocycles. The zero-order chi connectivity index (χ0) is 21.3.